The molecule has 0 unspecified atom stereocenters. The molecule has 0 bridgehead atoms. The zero-order chi connectivity index (χ0) is 10.8. The van der Waals surface area contributed by atoms with Crippen LogP contribution in [0.3, 0.4) is 0 Å². The van der Waals surface area contributed by atoms with Crippen LogP contribution >= 0.6 is 0 Å². The second-order valence-electron chi connectivity index (χ2n) is 2.55. The maximum absolute atomic E-state index is 12.7. The quantitative estimate of drug-likeness (QED) is 0.547. The summed E-state index contributed by atoms with van der Waals surface area (Å²) in [5.41, 5.74) is -0.352. The molecule has 76 valence electrons. The molecule has 0 aliphatic heterocycles. The van der Waals surface area contributed by atoms with Gasteiger partial charge in [0.05, 0.1) is 0 Å². The minimum atomic E-state index is -4.93. The van der Waals surface area contributed by atoms with Crippen molar-refractivity contribution in [1.29, 1.82) is 0 Å². The fraction of sp³-hybridized carbons (Fsp3) is 0.250. The molecule has 1 aromatic heterocycles. The van der Waals surface area contributed by atoms with E-state index in [4.69, 9.17) is 0 Å². The molecule has 0 N–H and O–H groups in total. The van der Waals surface area contributed by atoms with Crippen molar-refractivity contribution in [2.24, 2.45) is 0 Å². The van der Waals surface area contributed by atoms with E-state index in [1.54, 1.807) is 0 Å². The monoisotopic (exact) mass is 207 g/mol. The molecule has 14 heavy (non-hydrogen) atoms. The summed E-state index contributed by atoms with van der Waals surface area (Å²) in [5.74, 6) is -3.03. The van der Waals surface area contributed by atoms with E-state index in [0.29, 0.717) is 0 Å². The Bertz CT molecular complexity index is 347. The molecular weight excluding hydrogens is 202 g/mol. The SMILES string of the molecule is O=C(Cc1cccnc1F)C(F)(F)F. The predicted molar refractivity (Wildman–Crippen MR) is 39.0 cm³/mol. The summed E-state index contributed by atoms with van der Waals surface area (Å²) in [7, 11) is 0. The van der Waals surface area contributed by atoms with Crippen molar-refractivity contribution in [3.05, 3.63) is 29.8 Å². The van der Waals surface area contributed by atoms with E-state index in [0.717, 1.165) is 12.3 Å². The number of ketones is 1. The minimum Gasteiger partial charge on any atom is -0.289 e. The van der Waals surface area contributed by atoms with E-state index in [1.807, 2.05) is 0 Å². The molecule has 0 aliphatic rings. The van der Waals surface area contributed by atoms with Crippen molar-refractivity contribution >= 4 is 5.78 Å². The molecule has 0 saturated heterocycles. The van der Waals surface area contributed by atoms with E-state index in [-0.39, 0.29) is 5.56 Å². The highest BCUT2D eigenvalue weighted by Gasteiger charge is 2.38. The molecule has 0 aliphatic carbocycles. The van der Waals surface area contributed by atoms with Gasteiger partial charge in [0.2, 0.25) is 11.7 Å². The van der Waals surface area contributed by atoms with E-state index >= 15 is 0 Å². The highest BCUT2D eigenvalue weighted by atomic mass is 19.4. The lowest BCUT2D eigenvalue weighted by atomic mass is 10.1. The van der Waals surface area contributed by atoms with Gasteiger partial charge in [0.25, 0.3) is 0 Å². The average Bonchev–Trinajstić information content (AvgIpc) is 2.07. The van der Waals surface area contributed by atoms with Gasteiger partial charge in [-0.3, -0.25) is 4.79 Å². The van der Waals surface area contributed by atoms with Crippen molar-refractivity contribution in [3.8, 4) is 0 Å². The molecule has 0 aromatic carbocycles. The smallest absolute Gasteiger partial charge is 0.289 e. The number of aromatic nitrogens is 1. The van der Waals surface area contributed by atoms with Gasteiger partial charge >= 0.3 is 6.18 Å². The van der Waals surface area contributed by atoms with E-state index < -0.39 is 24.3 Å². The van der Waals surface area contributed by atoms with E-state index in [9.17, 15) is 22.4 Å². The van der Waals surface area contributed by atoms with Gasteiger partial charge in [-0.15, -0.1) is 0 Å². The number of nitrogens with zero attached hydrogens (tertiary/aromatic N) is 1. The van der Waals surface area contributed by atoms with Crippen LogP contribution in [0, 0.1) is 5.95 Å². The van der Waals surface area contributed by atoms with E-state index in [1.165, 1.54) is 6.07 Å². The maximum atomic E-state index is 12.7. The van der Waals surface area contributed by atoms with Gasteiger partial charge in [0.15, 0.2) is 0 Å². The first-order valence-electron chi connectivity index (χ1n) is 3.60. The minimum absolute atomic E-state index is 0.352. The normalized spacial score (nSPS) is 11.4. The molecule has 6 heteroatoms. The van der Waals surface area contributed by atoms with Crippen molar-refractivity contribution in [1.82, 2.24) is 4.98 Å². The zero-order valence-electron chi connectivity index (χ0n) is 6.81. The maximum Gasteiger partial charge on any atom is 0.450 e. The summed E-state index contributed by atoms with van der Waals surface area (Å²) in [6, 6.07) is 2.36. The van der Waals surface area contributed by atoms with Crippen LogP contribution in [0.15, 0.2) is 18.3 Å². The summed E-state index contributed by atoms with van der Waals surface area (Å²) in [5, 5.41) is 0. The second-order valence-corrected chi connectivity index (χ2v) is 2.55. The molecule has 0 saturated carbocycles. The fourth-order valence-electron chi connectivity index (χ4n) is 0.824. The molecular formula is C8H5F4NO. The van der Waals surface area contributed by atoms with Crippen molar-refractivity contribution in [3.63, 3.8) is 0 Å². The average molecular weight is 207 g/mol. The number of rotatable bonds is 2. The fourth-order valence-corrected chi connectivity index (χ4v) is 0.824. The topological polar surface area (TPSA) is 30.0 Å². The van der Waals surface area contributed by atoms with Gasteiger partial charge in [0, 0.05) is 18.2 Å². The molecule has 0 amide bonds. The number of Topliss-reactive ketones (excluding diaryl/α,β-unsaturated/α-hetero) is 1. The molecule has 0 fully saturated rings. The van der Waals surface area contributed by atoms with Crippen LogP contribution in [0.4, 0.5) is 17.6 Å². The molecule has 0 atom stereocenters. The van der Waals surface area contributed by atoms with Crippen LogP contribution in [0.5, 0.6) is 0 Å². The number of hydrogen-bond acceptors (Lipinski definition) is 2. The number of halogens is 4. The van der Waals surface area contributed by atoms with Crippen molar-refractivity contribution in [2.45, 2.75) is 12.6 Å². The first-order valence-corrected chi connectivity index (χ1v) is 3.60. The Balaban J connectivity index is 2.80. The number of hydrogen-bond donors (Lipinski definition) is 0. The predicted octanol–water partition coefficient (Wildman–Crippen LogP) is 1.89. The van der Waals surface area contributed by atoms with Crippen LogP contribution in [0.1, 0.15) is 5.56 Å². The number of carbonyl (C=O) groups excluding carboxylic acids is 1. The Kier molecular flexibility index (Phi) is 2.83. The standard InChI is InChI=1S/C8H5F4NO/c9-7-5(2-1-3-13-7)4-6(14)8(10,11)12/h1-3H,4H2. The van der Waals surface area contributed by atoms with Crippen molar-refractivity contribution < 1.29 is 22.4 Å². The summed E-state index contributed by atoms with van der Waals surface area (Å²) in [6.07, 6.45) is -4.84. The molecule has 0 radical (unpaired) electrons. The van der Waals surface area contributed by atoms with Crippen LogP contribution in [0.2, 0.25) is 0 Å². The van der Waals surface area contributed by atoms with Crippen molar-refractivity contribution in [2.75, 3.05) is 0 Å². The third-order valence-electron chi connectivity index (χ3n) is 1.50. The Morgan fingerprint density at radius 2 is 2.07 bits per heavy atom. The summed E-state index contributed by atoms with van der Waals surface area (Å²) in [4.78, 5) is 13.6. The molecule has 1 heterocycles. The first kappa shape index (κ1) is 10.6. The van der Waals surface area contributed by atoms with Gasteiger partial charge < -0.3 is 0 Å². The summed E-state index contributed by atoms with van der Waals surface area (Å²) < 4.78 is 48.0. The Labute approximate surface area is 76.6 Å². The Morgan fingerprint density at radius 3 is 2.57 bits per heavy atom. The van der Waals surface area contributed by atoms with Crippen LogP contribution in [-0.4, -0.2) is 16.9 Å². The molecule has 0 spiro atoms. The van der Waals surface area contributed by atoms with Gasteiger partial charge in [-0.05, 0) is 6.07 Å². The number of pyridine rings is 1. The third kappa shape index (κ3) is 2.51. The molecule has 2 nitrogen and oxygen atoms in total. The second kappa shape index (κ2) is 3.73. The number of alkyl halides is 3. The van der Waals surface area contributed by atoms with E-state index in [2.05, 4.69) is 4.98 Å². The van der Waals surface area contributed by atoms with Gasteiger partial charge in [-0.25, -0.2) is 4.98 Å². The lowest BCUT2D eigenvalue weighted by Crippen LogP contribution is -2.25. The Hall–Kier alpha value is -1.46. The lowest BCUT2D eigenvalue weighted by Gasteiger charge is -2.04. The first-order chi connectivity index (χ1) is 6.41. The van der Waals surface area contributed by atoms with Crippen LogP contribution in [0.25, 0.3) is 0 Å². The van der Waals surface area contributed by atoms with Crippen LogP contribution in [-0.2, 0) is 11.2 Å². The highest BCUT2D eigenvalue weighted by molar-refractivity contribution is 5.86. The van der Waals surface area contributed by atoms with Gasteiger partial charge in [0.1, 0.15) is 0 Å². The zero-order valence-corrected chi connectivity index (χ0v) is 6.81. The largest absolute Gasteiger partial charge is 0.450 e. The van der Waals surface area contributed by atoms with Gasteiger partial charge in [-0.1, -0.05) is 6.07 Å². The van der Waals surface area contributed by atoms with Crippen LogP contribution < -0.4 is 0 Å². The number of carbonyl (C=O) groups is 1. The lowest BCUT2D eigenvalue weighted by molar-refractivity contribution is -0.170. The highest BCUT2D eigenvalue weighted by Crippen LogP contribution is 2.19. The molecule has 1 rings (SSSR count). The molecule has 1 aromatic rings. The third-order valence-corrected chi connectivity index (χ3v) is 1.50. The Morgan fingerprint density at radius 1 is 1.43 bits per heavy atom. The van der Waals surface area contributed by atoms with Gasteiger partial charge in [-0.2, -0.15) is 17.6 Å². The summed E-state index contributed by atoms with van der Waals surface area (Å²) in [6.45, 7) is 0. The summed E-state index contributed by atoms with van der Waals surface area (Å²) >= 11 is 0.